The van der Waals surface area contributed by atoms with E-state index in [0.717, 1.165) is 12.4 Å². The highest BCUT2D eigenvalue weighted by Gasteiger charge is 2.95. The molecule has 0 unspecified atom stereocenters. The van der Waals surface area contributed by atoms with Crippen LogP contribution in [0.3, 0.4) is 0 Å². The lowest BCUT2D eigenvalue weighted by molar-refractivity contribution is -0.459. The predicted octanol–water partition coefficient (Wildman–Crippen LogP) is 7.31. The SMILES string of the molecule is COc1cc(NC(=O)C(F)(F)C(F)(F)C(F)(F)C(F)(F)C(F)(F)C(F)(F)C(F)(F)C(F)(F)F)c(OC)cc1Cl. The first-order valence-corrected chi connectivity index (χ1v) is 9.36. The van der Waals surface area contributed by atoms with Gasteiger partial charge in [0.05, 0.1) is 24.9 Å². The first-order valence-electron chi connectivity index (χ1n) is 8.99. The number of carbonyl (C=O) groups is 1. The molecule has 0 aliphatic heterocycles. The number of rotatable bonds is 10. The minimum atomic E-state index is -8.80. The molecule has 1 rings (SSSR count). The summed E-state index contributed by atoms with van der Waals surface area (Å²) in [6.45, 7) is 0. The van der Waals surface area contributed by atoms with E-state index < -0.39 is 75.8 Å². The van der Waals surface area contributed by atoms with Gasteiger partial charge in [0.25, 0.3) is 0 Å². The van der Waals surface area contributed by atoms with E-state index in [4.69, 9.17) is 11.6 Å². The number of methoxy groups -OCH3 is 2. The zero-order valence-electron chi connectivity index (χ0n) is 18.2. The van der Waals surface area contributed by atoms with Crippen molar-refractivity contribution in [3.63, 3.8) is 0 Å². The van der Waals surface area contributed by atoms with E-state index in [1.54, 1.807) is 0 Å². The summed E-state index contributed by atoms with van der Waals surface area (Å²) in [5.41, 5.74) is -1.20. The molecule has 0 spiro atoms. The second-order valence-corrected chi connectivity index (χ2v) is 7.57. The van der Waals surface area contributed by atoms with Crippen molar-refractivity contribution in [2.75, 3.05) is 19.5 Å². The molecule has 1 aromatic carbocycles. The molecule has 0 aliphatic rings. The molecule has 39 heavy (non-hydrogen) atoms. The maximum absolute atomic E-state index is 14.1. The molecule has 1 amide bonds. The van der Waals surface area contributed by atoms with Crippen molar-refractivity contribution in [2.45, 2.75) is 47.6 Å². The molecular weight excluding hydrogens is 625 g/mol. The van der Waals surface area contributed by atoms with Crippen LogP contribution in [-0.2, 0) is 4.79 Å². The van der Waals surface area contributed by atoms with Gasteiger partial charge >= 0.3 is 53.5 Å². The Morgan fingerprint density at radius 1 is 0.615 bits per heavy atom. The Bertz CT molecular complexity index is 1090. The second-order valence-electron chi connectivity index (χ2n) is 7.16. The summed E-state index contributed by atoms with van der Waals surface area (Å²) in [5.74, 6) is -63.7. The van der Waals surface area contributed by atoms with Gasteiger partial charge in [0.2, 0.25) is 0 Å². The fourth-order valence-electron chi connectivity index (χ4n) is 2.47. The number of nitrogens with one attached hydrogen (secondary N) is 1. The van der Waals surface area contributed by atoms with E-state index >= 15 is 0 Å². The zero-order chi connectivity index (χ0) is 31.4. The zero-order valence-corrected chi connectivity index (χ0v) is 18.9. The molecule has 0 bridgehead atoms. The molecule has 0 saturated heterocycles. The fraction of sp³-hybridized carbons (Fsp3) is 0.588. The smallest absolute Gasteiger partial charge is 0.460 e. The van der Waals surface area contributed by atoms with Crippen molar-refractivity contribution in [3.05, 3.63) is 17.2 Å². The molecule has 0 saturated carbocycles. The normalized spacial score (nSPS) is 14.8. The first kappa shape index (κ1) is 34.4. The van der Waals surface area contributed by atoms with Crippen LogP contribution in [0.25, 0.3) is 0 Å². The largest absolute Gasteiger partial charge is 0.495 e. The van der Waals surface area contributed by atoms with Crippen LogP contribution in [0, 0.1) is 0 Å². The van der Waals surface area contributed by atoms with Crippen LogP contribution >= 0.6 is 11.6 Å². The van der Waals surface area contributed by atoms with Gasteiger partial charge in [-0.1, -0.05) is 11.6 Å². The third-order valence-electron chi connectivity index (χ3n) is 4.73. The third kappa shape index (κ3) is 4.83. The molecule has 0 fully saturated rings. The van der Waals surface area contributed by atoms with E-state index in [1.165, 1.54) is 0 Å². The van der Waals surface area contributed by atoms with Crippen molar-refractivity contribution in [1.29, 1.82) is 0 Å². The van der Waals surface area contributed by atoms with Gasteiger partial charge < -0.3 is 14.8 Å². The minimum Gasteiger partial charge on any atom is -0.495 e. The third-order valence-corrected chi connectivity index (χ3v) is 5.02. The van der Waals surface area contributed by atoms with Gasteiger partial charge in [-0.3, -0.25) is 4.79 Å². The summed E-state index contributed by atoms with van der Waals surface area (Å²) >= 11 is 5.60. The number of carbonyl (C=O) groups excluding carboxylic acids is 1. The molecule has 4 nitrogen and oxygen atoms in total. The summed E-state index contributed by atoms with van der Waals surface area (Å²) in [4.78, 5) is 11.7. The van der Waals surface area contributed by atoms with Crippen molar-refractivity contribution < 1.29 is 88.9 Å². The molecular formula is C17H9ClF17NO3. The van der Waals surface area contributed by atoms with Gasteiger partial charge in [0.1, 0.15) is 11.5 Å². The van der Waals surface area contributed by atoms with E-state index in [0.29, 0.717) is 19.2 Å². The number of alkyl halides is 17. The predicted molar refractivity (Wildman–Crippen MR) is 93.9 cm³/mol. The monoisotopic (exact) mass is 633 g/mol. The Morgan fingerprint density at radius 3 is 1.33 bits per heavy atom. The average molecular weight is 634 g/mol. The van der Waals surface area contributed by atoms with Crippen molar-refractivity contribution in [2.24, 2.45) is 0 Å². The number of hydrogen-bond acceptors (Lipinski definition) is 3. The lowest BCUT2D eigenvalue weighted by Crippen LogP contribution is -2.75. The van der Waals surface area contributed by atoms with Gasteiger partial charge in [0, 0.05) is 12.1 Å². The second kappa shape index (κ2) is 9.79. The molecule has 1 N–H and O–H groups in total. The van der Waals surface area contributed by atoms with E-state index in [1.807, 2.05) is 0 Å². The summed E-state index contributed by atoms with van der Waals surface area (Å²) in [5, 5.41) is 0.309. The highest BCUT2D eigenvalue weighted by molar-refractivity contribution is 6.32. The molecule has 0 aromatic heterocycles. The van der Waals surface area contributed by atoms with Gasteiger partial charge in [0.15, 0.2) is 0 Å². The Balaban J connectivity index is 3.65. The number of hydrogen-bond donors (Lipinski definition) is 1. The average Bonchev–Trinajstić information content (AvgIpc) is 2.77. The van der Waals surface area contributed by atoms with Crippen LogP contribution in [0.1, 0.15) is 0 Å². The molecule has 0 aliphatic carbocycles. The van der Waals surface area contributed by atoms with E-state index in [2.05, 4.69) is 9.47 Å². The summed E-state index contributed by atoms with van der Waals surface area (Å²) in [7, 11) is 1.57. The van der Waals surface area contributed by atoms with E-state index in [9.17, 15) is 79.4 Å². The molecule has 0 atom stereocenters. The van der Waals surface area contributed by atoms with Crippen molar-refractivity contribution in [1.82, 2.24) is 0 Å². The summed E-state index contributed by atoms with van der Waals surface area (Å²) < 4.78 is 236. The Hall–Kier alpha value is -2.61. The molecule has 0 radical (unpaired) electrons. The number of ether oxygens (including phenoxy) is 2. The summed E-state index contributed by atoms with van der Waals surface area (Å²) in [6, 6.07) is 1.02. The highest BCUT2D eigenvalue weighted by Crippen LogP contribution is 2.64. The Morgan fingerprint density at radius 2 is 0.974 bits per heavy atom. The minimum absolute atomic E-state index is 0.397. The first-order chi connectivity index (χ1) is 17.0. The van der Waals surface area contributed by atoms with Gasteiger partial charge in [-0.05, 0) is 0 Å². The Labute approximate surface area is 209 Å². The van der Waals surface area contributed by atoms with Crippen LogP contribution in [-0.4, -0.2) is 67.8 Å². The lowest BCUT2D eigenvalue weighted by atomic mass is 9.89. The van der Waals surface area contributed by atoms with Crippen molar-refractivity contribution >= 4 is 23.2 Å². The number of halogens is 18. The van der Waals surface area contributed by atoms with Gasteiger partial charge in [-0.25, -0.2) is 0 Å². The topological polar surface area (TPSA) is 47.6 Å². The number of anilines is 1. The van der Waals surface area contributed by atoms with Crippen LogP contribution in [0.15, 0.2) is 12.1 Å². The van der Waals surface area contributed by atoms with Crippen LogP contribution in [0.2, 0.25) is 5.02 Å². The van der Waals surface area contributed by atoms with Gasteiger partial charge in [-0.2, -0.15) is 74.6 Å². The molecule has 1 aromatic rings. The lowest BCUT2D eigenvalue weighted by Gasteiger charge is -2.42. The van der Waals surface area contributed by atoms with Crippen molar-refractivity contribution in [3.8, 4) is 11.5 Å². The molecule has 22 heteroatoms. The van der Waals surface area contributed by atoms with Crippen LogP contribution in [0.4, 0.5) is 80.3 Å². The summed E-state index contributed by atoms with van der Waals surface area (Å²) in [6.07, 6.45) is -7.86. The number of benzene rings is 1. The quantitative estimate of drug-likeness (QED) is 0.275. The van der Waals surface area contributed by atoms with E-state index in [-0.39, 0.29) is 0 Å². The van der Waals surface area contributed by atoms with Crippen LogP contribution in [0.5, 0.6) is 11.5 Å². The fourth-order valence-corrected chi connectivity index (χ4v) is 2.70. The standard InChI is InChI=1S/C17H9ClF17NO3/c1-38-7-4-6(8(39-2)3-5(7)18)36-9(37)10(19,20)11(21,22)12(23,24)13(25,26)14(27,28)15(29,30)16(31,32)17(33,34)35/h3-4H,1-2H3,(H,36,37). The maximum atomic E-state index is 14.1. The molecule has 0 heterocycles. The number of amides is 1. The Kier molecular flexibility index (Phi) is 8.64. The molecule has 226 valence electrons. The maximum Gasteiger partial charge on any atom is 0.460 e. The van der Waals surface area contributed by atoms with Crippen LogP contribution < -0.4 is 14.8 Å². The van der Waals surface area contributed by atoms with Gasteiger partial charge in [-0.15, -0.1) is 0 Å². The highest BCUT2D eigenvalue weighted by atomic mass is 35.5.